The fourth-order valence-corrected chi connectivity index (χ4v) is 2.66. The number of aliphatic carboxylic acids is 1. The third kappa shape index (κ3) is 3.69. The van der Waals surface area contributed by atoms with Gasteiger partial charge >= 0.3 is 5.97 Å². The molecule has 0 aliphatic heterocycles. The minimum Gasteiger partial charge on any atom is -0.481 e. The molecule has 1 aliphatic rings. The number of benzene rings is 1. The fraction of sp³-hybridized carbons (Fsp3) is 0.429. The molecule has 2 rings (SSSR count). The number of hydrogen-bond acceptors (Lipinski definition) is 2. The molecule has 2 N–H and O–H groups in total. The van der Waals surface area contributed by atoms with E-state index in [0.29, 0.717) is 25.7 Å². The van der Waals surface area contributed by atoms with Crippen LogP contribution >= 0.6 is 11.6 Å². The van der Waals surface area contributed by atoms with Crippen molar-refractivity contribution < 1.29 is 23.5 Å². The highest BCUT2D eigenvalue weighted by Gasteiger charge is 2.28. The van der Waals surface area contributed by atoms with Gasteiger partial charge in [-0.25, -0.2) is 8.78 Å². The summed E-state index contributed by atoms with van der Waals surface area (Å²) in [6, 6.07) is 1.13. The normalized spacial score (nSPS) is 21.9. The van der Waals surface area contributed by atoms with Crippen molar-refractivity contribution in [3.63, 3.8) is 0 Å². The average molecular weight is 318 g/mol. The summed E-state index contributed by atoms with van der Waals surface area (Å²) in [5.74, 6) is -3.98. The number of halogens is 3. The second kappa shape index (κ2) is 6.39. The Hall–Kier alpha value is -1.69. The molecule has 21 heavy (non-hydrogen) atoms. The van der Waals surface area contributed by atoms with Crippen molar-refractivity contribution in [2.24, 2.45) is 5.92 Å². The van der Waals surface area contributed by atoms with Crippen LogP contribution in [0.15, 0.2) is 12.1 Å². The number of carbonyl (C=O) groups excluding carboxylic acids is 1. The molecule has 0 heterocycles. The van der Waals surface area contributed by atoms with E-state index in [1.807, 2.05) is 0 Å². The highest BCUT2D eigenvalue weighted by molar-refractivity contribution is 6.30. The molecule has 1 aromatic carbocycles. The maximum Gasteiger partial charge on any atom is 0.306 e. The van der Waals surface area contributed by atoms with Crippen molar-refractivity contribution in [3.05, 3.63) is 34.4 Å². The van der Waals surface area contributed by atoms with Crippen molar-refractivity contribution in [3.8, 4) is 0 Å². The first-order valence-electron chi connectivity index (χ1n) is 6.56. The van der Waals surface area contributed by atoms with Gasteiger partial charge in [0.15, 0.2) is 0 Å². The van der Waals surface area contributed by atoms with Gasteiger partial charge in [-0.3, -0.25) is 9.59 Å². The van der Waals surface area contributed by atoms with E-state index in [-0.39, 0.29) is 6.04 Å². The van der Waals surface area contributed by atoms with Crippen molar-refractivity contribution in [2.75, 3.05) is 0 Å². The summed E-state index contributed by atoms with van der Waals surface area (Å²) in [5, 5.41) is 11.1. The topological polar surface area (TPSA) is 66.4 Å². The predicted octanol–water partition coefficient (Wildman–Crippen LogP) is 2.99. The Labute approximate surface area is 125 Å². The summed E-state index contributed by atoms with van der Waals surface area (Å²) in [6.45, 7) is 0. The molecular formula is C14H14ClF2NO3. The lowest BCUT2D eigenvalue weighted by Crippen LogP contribution is -2.40. The summed E-state index contributed by atoms with van der Waals surface area (Å²) in [6.07, 6.45) is 2.14. The predicted molar refractivity (Wildman–Crippen MR) is 72.2 cm³/mol. The molecule has 0 aromatic heterocycles. The van der Waals surface area contributed by atoms with Crippen LogP contribution in [0.2, 0.25) is 5.02 Å². The molecule has 114 valence electrons. The van der Waals surface area contributed by atoms with Gasteiger partial charge in [-0.05, 0) is 31.4 Å². The van der Waals surface area contributed by atoms with E-state index in [1.165, 1.54) is 0 Å². The fourth-order valence-electron chi connectivity index (χ4n) is 2.50. The number of carboxylic acids is 1. The molecule has 2 unspecified atom stereocenters. The third-order valence-corrected chi connectivity index (χ3v) is 3.90. The molecule has 1 aromatic rings. The standard InChI is InChI=1S/C14H14ClF2NO3/c15-10-6-11(16)9(5-12(10)17)13(19)18-8-3-1-2-7(4-8)14(20)21/h5-8H,1-4H2,(H,18,19)(H,20,21). The van der Waals surface area contributed by atoms with Crippen LogP contribution in [0.4, 0.5) is 8.78 Å². The first kappa shape index (κ1) is 15.7. The minimum absolute atomic E-state index is 0.290. The van der Waals surface area contributed by atoms with Gasteiger partial charge in [-0.15, -0.1) is 0 Å². The van der Waals surface area contributed by atoms with E-state index in [2.05, 4.69) is 5.32 Å². The second-order valence-corrected chi connectivity index (χ2v) is 5.53. The van der Waals surface area contributed by atoms with Crippen LogP contribution in [-0.2, 0) is 4.79 Å². The van der Waals surface area contributed by atoms with Crippen LogP contribution in [0.5, 0.6) is 0 Å². The summed E-state index contributed by atoms with van der Waals surface area (Å²) < 4.78 is 26.9. The summed E-state index contributed by atoms with van der Waals surface area (Å²) in [5.41, 5.74) is -0.436. The van der Waals surface area contributed by atoms with Gasteiger partial charge in [-0.2, -0.15) is 0 Å². The van der Waals surface area contributed by atoms with E-state index >= 15 is 0 Å². The third-order valence-electron chi connectivity index (χ3n) is 3.61. The molecule has 1 fully saturated rings. The molecule has 0 spiro atoms. The van der Waals surface area contributed by atoms with Crippen LogP contribution in [0.25, 0.3) is 0 Å². The minimum atomic E-state index is -0.913. The molecule has 0 radical (unpaired) electrons. The van der Waals surface area contributed by atoms with Crippen molar-refractivity contribution in [2.45, 2.75) is 31.7 Å². The van der Waals surface area contributed by atoms with Crippen LogP contribution < -0.4 is 5.32 Å². The number of carboxylic acid groups (broad SMARTS) is 1. The summed E-state index contributed by atoms with van der Waals surface area (Å²) in [7, 11) is 0. The van der Waals surface area contributed by atoms with E-state index in [4.69, 9.17) is 16.7 Å². The molecule has 1 aliphatic carbocycles. The second-order valence-electron chi connectivity index (χ2n) is 5.12. The highest BCUT2D eigenvalue weighted by atomic mass is 35.5. The Morgan fingerprint density at radius 1 is 1.24 bits per heavy atom. The van der Waals surface area contributed by atoms with Crippen LogP contribution in [0.3, 0.4) is 0 Å². The number of rotatable bonds is 3. The smallest absolute Gasteiger partial charge is 0.306 e. The number of amides is 1. The van der Waals surface area contributed by atoms with Crippen molar-refractivity contribution >= 4 is 23.5 Å². The zero-order valence-corrected chi connectivity index (χ0v) is 11.8. The lowest BCUT2D eigenvalue weighted by atomic mass is 9.85. The zero-order chi connectivity index (χ0) is 15.6. The Balaban J connectivity index is 2.08. The monoisotopic (exact) mass is 317 g/mol. The largest absolute Gasteiger partial charge is 0.481 e. The van der Waals surface area contributed by atoms with Gasteiger partial charge in [0.1, 0.15) is 11.6 Å². The van der Waals surface area contributed by atoms with Crippen LogP contribution in [-0.4, -0.2) is 23.0 Å². The first-order valence-corrected chi connectivity index (χ1v) is 6.94. The van der Waals surface area contributed by atoms with E-state index in [1.54, 1.807) is 0 Å². The van der Waals surface area contributed by atoms with Crippen molar-refractivity contribution in [1.29, 1.82) is 0 Å². The molecular weight excluding hydrogens is 304 g/mol. The van der Waals surface area contributed by atoms with Gasteiger partial charge in [0.25, 0.3) is 5.91 Å². The van der Waals surface area contributed by atoms with Gasteiger partial charge < -0.3 is 10.4 Å². The Morgan fingerprint density at radius 3 is 2.62 bits per heavy atom. The SMILES string of the molecule is O=C(NC1CCCC(C(=O)O)C1)c1cc(F)c(Cl)cc1F. The maximum atomic E-state index is 13.6. The van der Waals surface area contributed by atoms with Gasteiger partial charge in [0.05, 0.1) is 16.5 Å². The van der Waals surface area contributed by atoms with Gasteiger partial charge in [0, 0.05) is 6.04 Å². The Kier molecular flexibility index (Phi) is 4.77. The van der Waals surface area contributed by atoms with Crippen LogP contribution in [0.1, 0.15) is 36.0 Å². The highest BCUT2D eigenvalue weighted by Crippen LogP contribution is 2.25. The number of hydrogen-bond donors (Lipinski definition) is 2. The lowest BCUT2D eigenvalue weighted by molar-refractivity contribution is -0.143. The average Bonchev–Trinajstić information content (AvgIpc) is 2.43. The van der Waals surface area contributed by atoms with E-state index in [0.717, 1.165) is 12.1 Å². The Morgan fingerprint density at radius 2 is 1.95 bits per heavy atom. The number of nitrogens with one attached hydrogen (secondary N) is 1. The lowest BCUT2D eigenvalue weighted by Gasteiger charge is -2.27. The summed E-state index contributed by atoms with van der Waals surface area (Å²) in [4.78, 5) is 22.9. The zero-order valence-electron chi connectivity index (χ0n) is 11.0. The molecule has 0 bridgehead atoms. The maximum absolute atomic E-state index is 13.6. The van der Waals surface area contributed by atoms with E-state index in [9.17, 15) is 18.4 Å². The first-order chi connectivity index (χ1) is 9.88. The Bertz CT molecular complexity index is 580. The molecule has 2 atom stereocenters. The van der Waals surface area contributed by atoms with Crippen molar-refractivity contribution in [1.82, 2.24) is 5.32 Å². The van der Waals surface area contributed by atoms with Crippen LogP contribution in [0, 0.1) is 17.6 Å². The molecule has 4 nitrogen and oxygen atoms in total. The molecule has 0 saturated heterocycles. The molecule has 1 saturated carbocycles. The number of carbonyl (C=O) groups is 2. The van der Waals surface area contributed by atoms with Gasteiger partial charge in [-0.1, -0.05) is 18.0 Å². The quantitative estimate of drug-likeness (QED) is 0.842. The van der Waals surface area contributed by atoms with Gasteiger partial charge in [0.2, 0.25) is 0 Å². The molecule has 1 amide bonds. The summed E-state index contributed by atoms with van der Waals surface area (Å²) >= 11 is 5.42. The van der Waals surface area contributed by atoms with E-state index < -0.39 is 40.0 Å². The molecule has 7 heteroatoms.